The summed E-state index contributed by atoms with van der Waals surface area (Å²) in [4.78, 5) is 19.5. The molecule has 0 bridgehead atoms. The van der Waals surface area contributed by atoms with Gasteiger partial charge in [0.2, 0.25) is 0 Å². The standard InChI is InChI=1S/C28H35N5O3S/c1-18(2)36-28(34)31-20-9-7-19(8-10-20)27-26(29)23-12-11-22(17-24(23)33(27)21-5-4-6-21)37(35)16-13-25-30-14-15-32(25)3/h7-12,17-18,21H,4-6,13-16,29H2,1-3H3,(H,31,34). The fourth-order valence-electron chi connectivity index (χ4n) is 5.00. The maximum absolute atomic E-state index is 13.2. The SMILES string of the molecule is CC(C)OC(=O)Nc1ccc(-c2c(N)c3ccc([S+]([O-])CCC4=NCCN4C)cc3n2C2CCC2)cc1. The molecule has 3 N–H and O–H groups in total. The molecule has 8 nitrogen and oxygen atoms in total. The molecule has 1 atom stereocenters. The van der Waals surface area contributed by atoms with Crippen LogP contribution in [0.2, 0.25) is 0 Å². The number of fused-ring (bicyclic) bond motifs is 1. The Balaban J connectivity index is 1.44. The third kappa shape index (κ3) is 5.29. The summed E-state index contributed by atoms with van der Waals surface area (Å²) in [7, 11) is 2.04. The van der Waals surface area contributed by atoms with Crippen LogP contribution in [0, 0.1) is 0 Å². The number of benzene rings is 2. The average Bonchev–Trinajstić information content (AvgIpc) is 3.37. The molecule has 1 unspecified atom stereocenters. The zero-order valence-electron chi connectivity index (χ0n) is 21.7. The maximum atomic E-state index is 13.2. The van der Waals surface area contributed by atoms with Crippen molar-refractivity contribution in [3.05, 3.63) is 42.5 Å². The Morgan fingerprint density at radius 1 is 1.24 bits per heavy atom. The minimum atomic E-state index is -1.12. The zero-order chi connectivity index (χ0) is 26.1. The van der Waals surface area contributed by atoms with Crippen molar-refractivity contribution in [2.75, 3.05) is 36.9 Å². The number of ether oxygens (including phenoxy) is 1. The smallest absolute Gasteiger partial charge is 0.411 e. The molecule has 0 spiro atoms. The molecule has 2 heterocycles. The molecule has 1 fully saturated rings. The number of nitrogens with zero attached hydrogens (tertiary/aromatic N) is 3. The number of carbonyl (C=O) groups is 1. The molecule has 1 aliphatic heterocycles. The molecular formula is C28H35N5O3S. The Morgan fingerprint density at radius 3 is 2.62 bits per heavy atom. The number of carbonyl (C=O) groups excluding carboxylic acids is 1. The van der Waals surface area contributed by atoms with E-state index >= 15 is 0 Å². The van der Waals surface area contributed by atoms with Gasteiger partial charge in [0.05, 0.1) is 36.0 Å². The van der Waals surface area contributed by atoms with Crippen LogP contribution in [0.5, 0.6) is 0 Å². The van der Waals surface area contributed by atoms with Crippen molar-refractivity contribution in [2.24, 2.45) is 4.99 Å². The third-order valence-corrected chi connectivity index (χ3v) is 8.50. The van der Waals surface area contributed by atoms with E-state index in [1.807, 2.05) is 57.3 Å². The third-order valence-electron chi connectivity index (χ3n) is 7.15. The van der Waals surface area contributed by atoms with E-state index in [1.54, 1.807) is 0 Å². The van der Waals surface area contributed by atoms with Crippen LogP contribution in [0.25, 0.3) is 22.2 Å². The molecule has 1 aliphatic carbocycles. The first kappa shape index (κ1) is 25.5. The van der Waals surface area contributed by atoms with Crippen LogP contribution in [0.4, 0.5) is 16.2 Å². The number of hydrogen-bond acceptors (Lipinski definition) is 6. The van der Waals surface area contributed by atoms with E-state index in [0.29, 0.717) is 23.9 Å². The van der Waals surface area contributed by atoms with Crippen molar-refractivity contribution in [3.63, 3.8) is 0 Å². The van der Waals surface area contributed by atoms with Gasteiger partial charge in [-0.05, 0) is 68.6 Å². The van der Waals surface area contributed by atoms with Crippen molar-refractivity contribution in [3.8, 4) is 11.3 Å². The Labute approximate surface area is 221 Å². The number of rotatable bonds is 8. The topological polar surface area (TPSA) is 108 Å². The van der Waals surface area contributed by atoms with Gasteiger partial charge in [-0.1, -0.05) is 12.1 Å². The van der Waals surface area contributed by atoms with Crippen LogP contribution in [-0.4, -0.2) is 57.9 Å². The lowest BCUT2D eigenvalue weighted by atomic mass is 9.92. The number of nitrogens with one attached hydrogen (secondary N) is 1. The molecule has 2 aliphatic rings. The summed E-state index contributed by atoms with van der Waals surface area (Å²) in [5.41, 5.74) is 11.1. The second kappa shape index (κ2) is 10.7. The fraction of sp³-hybridized carbons (Fsp3) is 0.429. The molecule has 3 aromatic rings. The van der Waals surface area contributed by atoms with Gasteiger partial charge in [-0.15, -0.1) is 0 Å². The largest absolute Gasteiger partial charge is 0.611 e. The molecule has 1 saturated carbocycles. The quantitative estimate of drug-likeness (QED) is 0.385. The first-order chi connectivity index (χ1) is 17.8. The second-order valence-corrected chi connectivity index (χ2v) is 11.6. The van der Waals surface area contributed by atoms with Crippen molar-refractivity contribution >= 4 is 45.4 Å². The number of amides is 1. The number of nitrogens with two attached hydrogens (primary N) is 1. The van der Waals surface area contributed by atoms with Crippen LogP contribution in [0.15, 0.2) is 52.4 Å². The van der Waals surface area contributed by atoms with Gasteiger partial charge in [-0.25, -0.2) is 4.79 Å². The molecule has 0 saturated heterocycles. The van der Waals surface area contributed by atoms with Gasteiger partial charge in [-0.3, -0.25) is 10.3 Å². The maximum Gasteiger partial charge on any atom is 0.411 e. The molecule has 1 aromatic heterocycles. The average molecular weight is 522 g/mol. The Hall–Kier alpha value is -3.17. The lowest BCUT2D eigenvalue weighted by Crippen LogP contribution is -2.25. The predicted molar refractivity (Wildman–Crippen MR) is 151 cm³/mol. The van der Waals surface area contributed by atoms with Crippen LogP contribution in [-0.2, 0) is 15.9 Å². The van der Waals surface area contributed by atoms with Crippen molar-refractivity contribution in [1.29, 1.82) is 0 Å². The normalized spacial score (nSPS) is 16.7. The fourth-order valence-corrected chi connectivity index (χ4v) is 6.07. The van der Waals surface area contributed by atoms with Gasteiger partial charge < -0.3 is 24.5 Å². The van der Waals surface area contributed by atoms with E-state index in [-0.39, 0.29) is 6.10 Å². The van der Waals surface area contributed by atoms with Crippen LogP contribution in [0.1, 0.15) is 45.6 Å². The summed E-state index contributed by atoms with van der Waals surface area (Å²) in [5, 5.41) is 3.74. The lowest BCUT2D eigenvalue weighted by Gasteiger charge is -2.30. The summed E-state index contributed by atoms with van der Waals surface area (Å²) in [6.07, 6.45) is 3.43. The Morgan fingerprint density at radius 2 is 2.00 bits per heavy atom. The van der Waals surface area contributed by atoms with Gasteiger partial charge in [0.15, 0.2) is 4.90 Å². The summed E-state index contributed by atoms with van der Waals surface area (Å²) in [6.45, 7) is 5.38. The van der Waals surface area contributed by atoms with Crippen LogP contribution >= 0.6 is 0 Å². The molecule has 1 amide bonds. The number of hydrogen-bond donors (Lipinski definition) is 2. The van der Waals surface area contributed by atoms with Crippen molar-refractivity contribution in [2.45, 2.75) is 56.6 Å². The minimum absolute atomic E-state index is 0.186. The molecule has 2 aromatic carbocycles. The Bertz CT molecular complexity index is 1310. The lowest BCUT2D eigenvalue weighted by molar-refractivity contribution is 0.130. The summed E-state index contributed by atoms with van der Waals surface area (Å²) in [5.74, 6) is 1.59. The molecule has 0 radical (unpaired) electrons. The second-order valence-electron chi connectivity index (χ2n) is 10.1. The molecule has 196 valence electrons. The van der Waals surface area contributed by atoms with E-state index in [0.717, 1.165) is 64.5 Å². The molecule has 9 heteroatoms. The van der Waals surface area contributed by atoms with Gasteiger partial charge in [0.1, 0.15) is 11.6 Å². The van der Waals surface area contributed by atoms with E-state index in [9.17, 15) is 9.35 Å². The highest BCUT2D eigenvalue weighted by molar-refractivity contribution is 7.91. The van der Waals surface area contributed by atoms with E-state index in [1.165, 1.54) is 6.42 Å². The molecular weight excluding hydrogens is 486 g/mol. The number of anilines is 2. The summed E-state index contributed by atoms with van der Waals surface area (Å²) in [6, 6.07) is 14.0. The predicted octanol–water partition coefficient (Wildman–Crippen LogP) is 5.41. The summed E-state index contributed by atoms with van der Waals surface area (Å²) < 4.78 is 20.7. The number of aliphatic imine (C=N–C) groups is 1. The number of nitrogen functional groups attached to an aromatic ring is 1. The monoisotopic (exact) mass is 521 g/mol. The van der Waals surface area contributed by atoms with Crippen LogP contribution in [0.3, 0.4) is 0 Å². The van der Waals surface area contributed by atoms with E-state index in [4.69, 9.17) is 10.5 Å². The highest BCUT2D eigenvalue weighted by Crippen LogP contribution is 2.44. The van der Waals surface area contributed by atoms with Gasteiger partial charge in [0, 0.05) is 42.3 Å². The highest BCUT2D eigenvalue weighted by Gasteiger charge is 2.28. The molecule has 5 rings (SSSR count). The van der Waals surface area contributed by atoms with Crippen molar-refractivity contribution < 1.29 is 14.1 Å². The minimum Gasteiger partial charge on any atom is -0.611 e. The molecule has 37 heavy (non-hydrogen) atoms. The van der Waals surface area contributed by atoms with Gasteiger partial charge >= 0.3 is 6.09 Å². The van der Waals surface area contributed by atoms with Gasteiger partial charge in [0.25, 0.3) is 0 Å². The van der Waals surface area contributed by atoms with Crippen LogP contribution < -0.4 is 11.1 Å². The van der Waals surface area contributed by atoms with E-state index in [2.05, 4.69) is 25.8 Å². The zero-order valence-corrected chi connectivity index (χ0v) is 22.5. The number of aromatic nitrogens is 1. The van der Waals surface area contributed by atoms with Crippen molar-refractivity contribution in [1.82, 2.24) is 9.47 Å². The first-order valence-electron chi connectivity index (χ1n) is 13.0. The van der Waals surface area contributed by atoms with Gasteiger partial charge in [-0.2, -0.15) is 0 Å². The van der Waals surface area contributed by atoms with E-state index < -0.39 is 17.3 Å². The Kier molecular flexibility index (Phi) is 7.35. The summed E-state index contributed by atoms with van der Waals surface area (Å²) >= 11 is -1.12. The number of likely N-dealkylation sites (N-methyl/N-ethyl adjacent to an activating group) is 1. The first-order valence-corrected chi connectivity index (χ1v) is 14.3. The number of amidine groups is 1. The highest BCUT2D eigenvalue weighted by atomic mass is 32.2.